The predicted molar refractivity (Wildman–Crippen MR) is 293 cm³/mol. The Morgan fingerprint density at radius 1 is 0.294 bits per heavy atom. The van der Waals surface area contributed by atoms with Gasteiger partial charge in [0.25, 0.3) is 0 Å². The van der Waals surface area contributed by atoms with E-state index in [0.29, 0.717) is 19.3 Å². The van der Waals surface area contributed by atoms with Crippen LogP contribution in [0.3, 0.4) is 0 Å². The van der Waals surface area contributed by atoms with E-state index in [9.17, 15) is 14.4 Å². The number of esters is 3. The quantitative estimate of drug-likeness (QED) is 0.0262. The summed E-state index contributed by atoms with van der Waals surface area (Å²) >= 11 is 0. The summed E-state index contributed by atoms with van der Waals surface area (Å²) < 4.78 is 16.8. The van der Waals surface area contributed by atoms with Gasteiger partial charge in [0, 0.05) is 19.3 Å². The van der Waals surface area contributed by atoms with Crippen molar-refractivity contribution >= 4 is 17.9 Å². The van der Waals surface area contributed by atoms with Crippen LogP contribution in [-0.2, 0) is 28.6 Å². The van der Waals surface area contributed by atoms with Gasteiger partial charge in [0.1, 0.15) is 13.2 Å². The average molecular weight is 941 g/mol. The summed E-state index contributed by atoms with van der Waals surface area (Å²) in [6.45, 7) is 6.42. The van der Waals surface area contributed by atoms with Gasteiger partial charge in [-0.3, -0.25) is 14.4 Å². The van der Waals surface area contributed by atoms with Crippen LogP contribution in [0.1, 0.15) is 233 Å². The molecule has 384 valence electrons. The Kier molecular flexibility index (Phi) is 52.0. The molecular formula is C62H100O6. The first kappa shape index (κ1) is 63.8. The smallest absolute Gasteiger partial charge is 0.306 e. The van der Waals surface area contributed by atoms with E-state index in [1.54, 1.807) is 0 Å². The van der Waals surface area contributed by atoms with Gasteiger partial charge < -0.3 is 14.2 Å². The summed E-state index contributed by atoms with van der Waals surface area (Å²) in [5, 5.41) is 0. The van der Waals surface area contributed by atoms with Crippen LogP contribution in [-0.4, -0.2) is 37.2 Å². The van der Waals surface area contributed by atoms with Crippen molar-refractivity contribution in [3.8, 4) is 0 Å². The highest BCUT2D eigenvalue weighted by molar-refractivity contribution is 5.71. The summed E-state index contributed by atoms with van der Waals surface area (Å²) in [4.78, 5) is 38.1. The van der Waals surface area contributed by atoms with Crippen molar-refractivity contribution in [2.24, 2.45) is 0 Å². The molecule has 1 atom stereocenters. The molecule has 6 nitrogen and oxygen atoms in total. The maximum atomic E-state index is 12.8. The molecule has 1 unspecified atom stereocenters. The second kappa shape index (κ2) is 55.4. The molecule has 0 aliphatic rings. The molecule has 0 radical (unpaired) electrons. The minimum absolute atomic E-state index is 0.0987. The van der Waals surface area contributed by atoms with E-state index in [4.69, 9.17) is 14.2 Å². The van der Waals surface area contributed by atoms with Crippen molar-refractivity contribution in [1.82, 2.24) is 0 Å². The Bertz CT molecular complexity index is 1450. The number of unbranched alkanes of at least 4 members (excludes halogenated alkanes) is 25. The van der Waals surface area contributed by atoms with Gasteiger partial charge in [-0.25, -0.2) is 0 Å². The van der Waals surface area contributed by atoms with Crippen molar-refractivity contribution in [2.75, 3.05) is 13.2 Å². The minimum Gasteiger partial charge on any atom is -0.462 e. The fourth-order valence-electron chi connectivity index (χ4n) is 7.27. The van der Waals surface area contributed by atoms with Crippen LogP contribution in [0.2, 0.25) is 0 Å². The lowest BCUT2D eigenvalue weighted by Gasteiger charge is -2.18. The summed E-state index contributed by atoms with van der Waals surface area (Å²) in [5.41, 5.74) is 0. The third kappa shape index (κ3) is 52.8. The van der Waals surface area contributed by atoms with Gasteiger partial charge in [-0.1, -0.05) is 277 Å². The zero-order chi connectivity index (χ0) is 49.3. The molecule has 0 amide bonds. The maximum Gasteiger partial charge on any atom is 0.306 e. The second-order valence-corrected chi connectivity index (χ2v) is 18.0. The van der Waals surface area contributed by atoms with Gasteiger partial charge in [-0.2, -0.15) is 0 Å². The molecule has 0 aromatic rings. The molecule has 0 N–H and O–H groups in total. The molecule has 0 saturated heterocycles. The highest BCUT2D eigenvalue weighted by Crippen LogP contribution is 2.15. The first-order valence-corrected chi connectivity index (χ1v) is 27.7. The molecule has 0 spiro atoms. The summed E-state index contributed by atoms with van der Waals surface area (Å²) in [7, 11) is 0. The maximum absolute atomic E-state index is 12.8. The first-order valence-electron chi connectivity index (χ1n) is 27.7. The van der Waals surface area contributed by atoms with E-state index in [0.717, 1.165) is 109 Å². The highest BCUT2D eigenvalue weighted by Gasteiger charge is 2.19. The molecule has 0 aliphatic heterocycles. The molecular weight excluding hydrogens is 841 g/mol. The van der Waals surface area contributed by atoms with Crippen LogP contribution in [0.5, 0.6) is 0 Å². The van der Waals surface area contributed by atoms with E-state index < -0.39 is 6.10 Å². The van der Waals surface area contributed by atoms with E-state index in [-0.39, 0.29) is 31.1 Å². The predicted octanol–water partition coefficient (Wildman–Crippen LogP) is 18.5. The number of rotatable bonds is 48. The summed E-state index contributed by atoms with van der Waals surface area (Å²) in [5.74, 6) is -0.951. The van der Waals surface area contributed by atoms with Crippen molar-refractivity contribution in [3.05, 3.63) is 122 Å². The summed E-state index contributed by atoms with van der Waals surface area (Å²) in [6, 6.07) is 0. The lowest BCUT2D eigenvalue weighted by atomic mass is 10.0. The fourth-order valence-corrected chi connectivity index (χ4v) is 7.27. The molecule has 0 rings (SSSR count). The normalized spacial score (nSPS) is 13.0. The second-order valence-electron chi connectivity index (χ2n) is 18.0. The fraction of sp³-hybridized carbons (Fsp3) is 0.629. The molecule has 0 aliphatic carbocycles. The van der Waals surface area contributed by atoms with Crippen LogP contribution >= 0.6 is 0 Å². The molecule has 6 heteroatoms. The first-order chi connectivity index (χ1) is 33.5. The van der Waals surface area contributed by atoms with E-state index in [2.05, 4.69) is 93.7 Å². The van der Waals surface area contributed by atoms with Crippen LogP contribution in [0, 0.1) is 0 Å². The number of hydrogen-bond acceptors (Lipinski definition) is 6. The number of hydrogen-bond donors (Lipinski definition) is 0. The zero-order valence-electron chi connectivity index (χ0n) is 43.8. The van der Waals surface area contributed by atoms with Crippen molar-refractivity contribution in [2.45, 2.75) is 239 Å². The van der Waals surface area contributed by atoms with Gasteiger partial charge in [-0.05, 0) is 57.8 Å². The molecule has 0 aromatic carbocycles. The van der Waals surface area contributed by atoms with Gasteiger partial charge >= 0.3 is 17.9 Å². The third-order valence-electron chi connectivity index (χ3n) is 11.4. The van der Waals surface area contributed by atoms with Gasteiger partial charge in [0.05, 0.1) is 0 Å². The van der Waals surface area contributed by atoms with Crippen molar-refractivity contribution in [1.29, 1.82) is 0 Å². The van der Waals surface area contributed by atoms with E-state index in [1.807, 2.05) is 48.6 Å². The molecule has 0 heterocycles. The third-order valence-corrected chi connectivity index (χ3v) is 11.4. The number of carbonyl (C=O) groups excluding carboxylic acids is 3. The minimum atomic E-state index is -0.805. The summed E-state index contributed by atoms with van der Waals surface area (Å²) in [6.07, 6.45) is 75.9. The largest absolute Gasteiger partial charge is 0.462 e. The Morgan fingerprint density at radius 2 is 0.559 bits per heavy atom. The zero-order valence-corrected chi connectivity index (χ0v) is 43.8. The Balaban J connectivity index is 4.52. The monoisotopic (exact) mass is 941 g/mol. The van der Waals surface area contributed by atoms with Crippen LogP contribution in [0.4, 0.5) is 0 Å². The highest BCUT2D eigenvalue weighted by atomic mass is 16.6. The average Bonchev–Trinajstić information content (AvgIpc) is 3.34. The van der Waals surface area contributed by atoms with Gasteiger partial charge in [0.15, 0.2) is 6.10 Å². The van der Waals surface area contributed by atoms with Crippen molar-refractivity contribution in [3.63, 3.8) is 0 Å². The molecule has 0 saturated carbocycles. The lowest BCUT2D eigenvalue weighted by molar-refractivity contribution is -0.167. The Hall–Kier alpha value is -4.19. The van der Waals surface area contributed by atoms with Crippen LogP contribution < -0.4 is 0 Å². The number of allylic oxidation sites excluding steroid dienone is 20. The Morgan fingerprint density at radius 3 is 0.882 bits per heavy atom. The molecule has 68 heavy (non-hydrogen) atoms. The standard InChI is InChI=1S/C62H100O6/c1-4-7-10-13-16-19-22-25-28-30-32-34-37-40-43-46-49-52-55-61(64)67-58-59(57-66-60(63)54-51-48-45-42-39-36-27-24-21-18-15-12-9-6-3)68-62(65)56-53-50-47-44-41-38-35-33-31-29-26-23-20-17-14-11-8-5-2/h10-11,13-14,16-17,19-20,22-23,25-26,28-35,59H,4-9,12,15,18,21,24,27,36-58H2,1-3H3/b13-10-,14-11-,19-16-,20-17-,25-22-,26-23-,30-28-,31-29-,34-32-,35-33-. The number of ether oxygens (including phenoxy) is 3. The Labute approximate surface area is 418 Å². The van der Waals surface area contributed by atoms with Gasteiger partial charge in [-0.15, -0.1) is 0 Å². The van der Waals surface area contributed by atoms with E-state index in [1.165, 1.54) is 83.5 Å². The van der Waals surface area contributed by atoms with Crippen LogP contribution in [0.15, 0.2) is 122 Å². The van der Waals surface area contributed by atoms with Gasteiger partial charge in [0.2, 0.25) is 0 Å². The van der Waals surface area contributed by atoms with Crippen LogP contribution in [0.25, 0.3) is 0 Å². The van der Waals surface area contributed by atoms with E-state index >= 15 is 0 Å². The number of carbonyl (C=O) groups is 3. The molecule has 0 fully saturated rings. The topological polar surface area (TPSA) is 78.9 Å². The molecule has 0 aromatic heterocycles. The lowest BCUT2D eigenvalue weighted by Crippen LogP contribution is -2.30. The van der Waals surface area contributed by atoms with Crippen molar-refractivity contribution < 1.29 is 28.6 Å². The molecule has 0 bridgehead atoms. The SMILES string of the molecule is CCC\C=C/C=C\C=C/C=C\C=C/CCCCCCCC(=O)OCC(COC(=O)CCCCCCCCCCCCCCCC)OC(=O)CCCCCCC\C=C/C=C\C=C/C=C\C=C/CCC.